The smallest absolute Gasteiger partial charge is 0.306 e. The predicted octanol–water partition coefficient (Wildman–Crippen LogP) is 4.49. The largest absolute Gasteiger partial charge is 0.357 e. The molecule has 1 aliphatic carbocycles. The molecule has 0 saturated carbocycles. The Bertz CT molecular complexity index is 287. The number of allylic oxidation sites excluding steroid dienone is 2. The van der Waals surface area contributed by atoms with E-state index in [4.69, 9.17) is 9.05 Å². The molecule has 16 heavy (non-hydrogen) atoms. The first-order valence-corrected chi connectivity index (χ1v) is 7.82. The van der Waals surface area contributed by atoms with Crippen LogP contribution in [0.5, 0.6) is 0 Å². The van der Waals surface area contributed by atoms with Gasteiger partial charge in [0.25, 0.3) is 0 Å². The Hall–Kier alpha value is -0.110. The highest BCUT2D eigenvalue weighted by molar-refractivity contribution is 7.58. The fraction of sp³-hybridized carbons (Fsp3) is 0.833. The molecule has 94 valence electrons. The number of hydrogen-bond acceptors (Lipinski definition) is 3. The van der Waals surface area contributed by atoms with Gasteiger partial charge in [0.05, 0.1) is 13.2 Å². The minimum atomic E-state index is -2.94. The molecule has 0 radical (unpaired) electrons. The molecular formula is C12H23O3P. The SMILES string of the molecule is CCCCC1=C(P(=O)(OCC)OCC)CC1. The molecule has 0 N–H and O–H groups in total. The van der Waals surface area contributed by atoms with Gasteiger partial charge in [0, 0.05) is 5.31 Å². The Morgan fingerprint density at radius 2 is 1.75 bits per heavy atom. The van der Waals surface area contributed by atoms with Crippen LogP contribution in [-0.2, 0) is 13.6 Å². The molecule has 0 aromatic heterocycles. The molecule has 0 unspecified atom stereocenters. The summed E-state index contributed by atoms with van der Waals surface area (Å²) in [5, 5.41) is 0.963. The first-order valence-electron chi connectivity index (χ1n) is 6.28. The van der Waals surface area contributed by atoms with Gasteiger partial charge in [-0.15, -0.1) is 0 Å². The van der Waals surface area contributed by atoms with Gasteiger partial charge in [-0.05, 0) is 39.5 Å². The van der Waals surface area contributed by atoms with Crippen molar-refractivity contribution in [2.24, 2.45) is 0 Å². The molecule has 0 amide bonds. The Morgan fingerprint density at radius 3 is 2.12 bits per heavy atom. The van der Waals surface area contributed by atoms with Crippen LogP contribution in [-0.4, -0.2) is 13.2 Å². The van der Waals surface area contributed by atoms with Crippen molar-refractivity contribution >= 4 is 7.60 Å². The fourth-order valence-electron chi connectivity index (χ4n) is 1.94. The van der Waals surface area contributed by atoms with Crippen molar-refractivity contribution in [2.45, 2.75) is 52.9 Å². The summed E-state index contributed by atoms with van der Waals surface area (Å²) in [6.07, 6.45) is 5.34. The third-order valence-corrected chi connectivity index (χ3v) is 5.23. The molecule has 0 aromatic rings. The lowest BCUT2D eigenvalue weighted by Gasteiger charge is -2.29. The molecule has 0 heterocycles. The summed E-state index contributed by atoms with van der Waals surface area (Å²) in [7, 11) is -2.94. The van der Waals surface area contributed by atoms with Gasteiger partial charge >= 0.3 is 7.60 Å². The highest BCUT2D eigenvalue weighted by Gasteiger charge is 2.36. The molecule has 0 atom stereocenters. The van der Waals surface area contributed by atoms with Gasteiger partial charge in [0.15, 0.2) is 0 Å². The van der Waals surface area contributed by atoms with Crippen LogP contribution in [0.4, 0.5) is 0 Å². The second-order valence-electron chi connectivity index (χ2n) is 3.99. The van der Waals surface area contributed by atoms with Gasteiger partial charge < -0.3 is 9.05 Å². The van der Waals surface area contributed by atoms with Gasteiger partial charge in [-0.25, -0.2) is 0 Å². The summed E-state index contributed by atoms with van der Waals surface area (Å²) in [4.78, 5) is 0. The lowest BCUT2D eigenvalue weighted by molar-refractivity contribution is 0.223. The Balaban J connectivity index is 2.74. The summed E-state index contributed by atoms with van der Waals surface area (Å²) >= 11 is 0. The van der Waals surface area contributed by atoms with Crippen molar-refractivity contribution in [3.8, 4) is 0 Å². The summed E-state index contributed by atoms with van der Waals surface area (Å²) in [6.45, 7) is 6.78. The van der Waals surface area contributed by atoms with Crippen molar-refractivity contribution in [3.63, 3.8) is 0 Å². The maximum absolute atomic E-state index is 12.5. The van der Waals surface area contributed by atoms with Crippen LogP contribution in [0.3, 0.4) is 0 Å². The molecule has 0 spiro atoms. The van der Waals surface area contributed by atoms with Crippen LogP contribution >= 0.6 is 7.60 Å². The van der Waals surface area contributed by atoms with E-state index < -0.39 is 7.60 Å². The molecule has 4 heteroatoms. The van der Waals surface area contributed by atoms with E-state index in [1.54, 1.807) is 0 Å². The van der Waals surface area contributed by atoms with Crippen LogP contribution in [0.1, 0.15) is 52.9 Å². The van der Waals surface area contributed by atoms with Crippen LogP contribution in [0.25, 0.3) is 0 Å². The molecule has 1 rings (SSSR count). The molecule has 0 bridgehead atoms. The minimum Gasteiger partial charge on any atom is -0.306 e. The maximum Gasteiger partial charge on any atom is 0.357 e. The van der Waals surface area contributed by atoms with E-state index in [-0.39, 0.29) is 0 Å². The average molecular weight is 246 g/mol. The molecule has 0 aliphatic heterocycles. The van der Waals surface area contributed by atoms with Crippen molar-refractivity contribution in [3.05, 3.63) is 10.9 Å². The molecule has 1 aliphatic rings. The van der Waals surface area contributed by atoms with Crippen molar-refractivity contribution in [1.82, 2.24) is 0 Å². The monoisotopic (exact) mass is 246 g/mol. The Labute approximate surface area is 98.7 Å². The van der Waals surface area contributed by atoms with E-state index in [2.05, 4.69) is 6.92 Å². The topological polar surface area (TPSA) is 35.5 Å². The van der Waals surface area contributed by atoms with Crippen LogP contribution in [0.15, 0.2) is 10.9 Å². The van der Waals surface area contributed by atoms with Crippen molar-refractivity contribution in [2.75, 3.05) is 13.2 Å². The van der Waals surface area contributed by atoms with Gasteiger partial charge in [0.2, 0.25) is 0 Å². The quantitative estimate of drug-likeness (QED) is 0.592. The maximum atomic E-state index is 12.5. The van der Waals surface area contributed by atoms with Gasteiger partial charge in [-0.3, -0.25) is 4.57 Å². The highest BCUT2D eigenvalue weighted by Crippen LogP contribution is 2.63. The Kier molecular flexibility index (Phi) is 5.74. The van der Waals surface area contributed by atoms with Crippen molar-refractivity contribution in [1.29, 1.82) is 0 Å². The number of hydrogen-bond donors (Lipinski definition) is 0. The lowest BCUT2D eigenvalue weighted by Crippen LogP contribution is -2.09. The zero-order chi connectivity index (χ0) is 12.0. The summed E-state index contributed by atoms with van der Waals surface area (Å²) < 4.78 is 23.2. The summed E-state index contributed by atoms with van der Waals surface area (Å²) in [5.74, 6) is 0. The van der Waals surface area contributed by atoms with E-state index >= 15 is 0 Å². The highest BCUT2D eigenvalue weighted by atomic mass is 31.2. The number of rotatable bonds is 8. The average Bonchev–Trinajstić information content (AvgIpc) is 2.16. The molecule has 0 aromatic carbocycles. The predicted molar refractivity (Wildman–Crippen MR) is 66.6 cm³/mol. The zero-order valence-electron chi connectivity index (χ0n) is 10.6. The van der Waals surface area contributed by atoms with Gasteiger partial charge in [-0.1, -0.05) is 18.9 Å². The van der Waals surface area contributed by atoms with E-state index in [0.29, 0.717) is 13.2 Å². The lowest BCUT2D eigenvalue weighted by atomic mass is 9.94. The third-order valence-electron chi connectivity index (χ3n) is 2.83. The van der Waals surface area contributed by atoms with Crippen molar-refractivity contribution < 1.29 is 13.6 Å². The fourth-order valence-corrected chi connectivity index (χ4v) is 4.00. The van der Waals surface area contributed by atoms with Crippen LogP contribution in [0, 0.1) is 0 Å². The second kappa shape index (κ2) is 6.58. The van der Waals surface area contributed by atoms with E-state index in [9.17, 15) is 4.57 Å². The van der Waals surface area contributed by atoms with Gasteiger partial charge in [-0.2, -0.15) is 0 Å². The standard InChI is InChI=1S/C12H23O3P/c1-4-7-8-11-9-10-12(11)16(13,14-5-2)15-6-3/h4-10H2,1-3H3. The second-order valence-corrected chi connectivity index (χ2v) is 6.04. The van der Waals surface area contributed by atoms with Crippen LogP contribution in [0.2, 0.25) is 0 Å². The van der Waals surface area contributed by atoms with Gasteiger partial charge in [0.1, 0.15) is 0 Å². The normalized spacial score (nSPS) is 16.4. The van der Waals surface area contributed by atoms with E-state index in [1.165, 1.54) is 12.0 Å². The molecule has 3 nitrogen and oxygen atoms in total. The van der Waals surface area contributed by atoms with Crippen LogP contribution < -0.4 is 0 Å². The molecular weight excluding hydrogens is 223 g/mol. The minimum absolute atomic E-state index is 0.446. The first kappa shape index (κ1) is 14.0. The first-order chi connectivity index (χ1) is 7.68. The molecule has 0 saturated heterocycles. The third kappa shape index (κ3) is 3.19. The van der Waals surface area contributed by atoms with E-state index in [0.717, 1.165) is 31.0 Å². The van der Waals surface area contributed by atoms with E-state index in [1.807, 2.05) is 13.8 Å². The number of unbranched alkanes of at least 4 members (excludes halogenated alkanes) is 1. The molecule has 0 fully saturated rings. The summed E-state index contributed by atoms with van der Waals surface area (Å²) in [6, 6.07) is 0. The zero-order valence-corrected chi connectivity index (χ0v) is 11.5. The summed E-state index contributed by atoms with van der Waals surface area (Å²) in [5.41, 5.74) is 1.31. The Morgan fingerprint density at radius 1 is 1.12 bits per heavy atom.